The lowest BCUT2D eigenvalue weighted by molar-refractivity contribution is -0.117. The average Bonchev–Trinajstić information content (AvgIpc) is 3.53. The van der Waals surface area contributed by atoms with E-state index in [1.807, 2.05) is 58.1 Å². The number of aryl methyl sites for hydroxylation is 1. The minimum atomic E-state index is -1.07. The molecule has 1 N–H and O–H groups in total. The van der Waals surface area contributed by atoms with Crippen molar-refractivity contribution in [2.75, 3.05) is 5.32 Å². The summed E-state index contributed by atoms with van der Waals surface area (Å²) in [5.74, 6) is -0.555. The molecular weight excluding hydrogens is 537 g/mol. The van der Waals surface area contributed by atoms with E-state index >= 15 is 0 Å². The number of hydrogen-bond acceptors (Lipinski definition) is 5. The maximum Gasteiger partial charge on any atom is 0.231 e. The molecule has 0 aliphatic heterocycles. The monoisotopic (exact) mass is 569 g/mol. The smallest absolute Gasteiger partial charge is 0.231 e. The SMILES string of the molecule is CC.CC.CCCC(=O)c1cc(C)c(-c2cc3cnc(NC(=O)C4CC4F)cc3n3c(Br)cnc23)cn1. The van der Waals surface area contributed by atoms with Crippen molar-refractivity contribution in [3.05, 3.63) is 52.7 Å². The number of imidazole rings is 1. The molecule has 0 spiro atoms. The quantitative estimate of drug-likeness (QED) is 0.245. The molecule has 5 rings (SSSR count). The summed E-state index contributed by atoms with van der Waals surface area (Å²) in [6.45, 7) is 11.9. The highest BCUT2D eigenvalue weighted by Crippen LogP contribution is 2.36. The average molecular weight is 571 g/mol. The molecule has 196 valence electrons. The van der Waals surface area contributed by atoms with Crippen LogP contribution in [0.25, 0.3) is 27.7 Å². The van der Waals surface area contributed by atoms with Crippen molar-refractivity contribution in [1.82, 2.24) is 19.4 Å². The molecule has 1 fully saturated rings. The molecule has 0 saturated heterocycles. The number of fused-ring (bicyclic) bond motifs is 3. The predicted octanol–water partition coefficient (Wildman–Crippen LogP) is 7.35. The third-order valence-electron chi connectivity index (χ3n) is 5.88. The lowest BCUT2D eigenvalue weighted by Gasteiger charge is -2.13. The number of anilines is 1. The van der Waals surface area contributed by atoms with E-state index in [1.165, 1.54) is 0 Å². The van der Waals surface area contributed by atoms with Gasteiger partial charge in [-0.25, -0.2) is 14.4 Å². The van der Waals surface area contributed by atoms with Crippen LogP contribution in [-0.2, 0) is 4.79 Å². The van der Waals surface area contributed by atoms with E-state index in [0.29, 0.717) is 23.6 Å². The summed E-state index contributed by atoms with van der Waals surface area (Å²) in [6.07, 6.45) is 5.53. The largest absolute Gasteiger partial charge is 0.310 e. The fourth-order valence-corrected chi connectivity index (χ4v) is 4.46. The van der Waals surface area contributed by atoms with Crippen LogP contribution < -0.4 is 5.32 Å². The second-order valence-electron chi connectivity index (χ2n) is 8.33. The minimum absolute atomic E-state index is 0.0309. The predicted molar refractivity (Wildman–Crippen MR) is 150 cm³/mol. The molecule has 1 amide bonds. The van der Waals surface area contributed by atoms with Crippen LogP contribution in [0, 0.1) is 12.8 Å². The Labute approximate surface area is 225 Å². The number of halogens is 2. The van der Waals surface area contributed by atoms with Gasteiger partial charge in [-0.05, 0) is 53.4 Å². The maximum absolute atomic E-state index is 13.2. The highest BCUT2D eigenvalue weighted by Gasteiger charge is 2.43. The summed E-state index contributed by atoms with van der Waals surface area (Å²) < 4.78 is 15.9. The molecule has 9 heteroatoms. The van der Waals surface area contributed by atoms with Gasteiger partial charge in [0, 0.05) is 41.4 Å². The Kier molecular flexibility index (Phi) is 9.48. The van der Waals surface area contributed by atoms with Crippen molar-refractivity contribution in [3.8, 4) is 11.1 Å². The van der Waals surface area contributed by atoms with Gasteiger partial charge in [0.2, 0.25) is 5.91 Å². The van der Waals surface area contributed by atoms with Crippen LogP contribution in [0.4, 0.5) is 10.2 Å². The molecule has 37 heavy (non-hydrogen) atoms. The topological polar surface area (TPSA) is 89.2 Å². The van der Waals surface area contributed by atoms with Crippen LogP contribution in [0.5, 0.6) is 0 Å². The van der Waals surface area contributed by atoms with Crippen molar-refractivity contribution in [2.45, 2.75) is 67.0 Å². The lowest BCUT2D eigenvalue weighted by atomic mass is 10.0. The Bertz CT molecular complexity index is 1440. The molecule has 1 aliphatic rings. The van der Waals surface area contributed by atoms with E-state index in [0.717, 1.165) is 38.6 Å². The van der Waals surface area contributed by atoms with E-state index in [1.54, 1.807) is 24.7 Å². The molecule has 1 saturated carbocycles. The van der Waals surface area contributed by atoms with E-state index in [2.05, 4.69) is 36.2 Å². The first-order valence-electron chi connectivity index (χ1n) is 12.8. The number of aromatic nitrogens is 4. The number of carbonyl (C=O) groups is 2. The standard InChI is InChI=1S/C24H21BrFN5O2.2C2H6/c1-3-4-20(32)18-5-12(2)16(10-27-18)14-6-13-9-28-22(30-24(33)15-7-17(15)26)8-19(13)31-21(25)11-29-23(14)31;2*1-2/h5-6,8-11,15,17H,3-4,7H2,1-2H3,(H,28,30,33);2*1-2H3. The normalized spacial score (nSPS) is 15.9. The van der Waals surface area contributed by atoms with Gasteiger partial charge in [-0.1, -0.05) is 34.6 Å². The fraction of sp³-hybridized carbons (Fsp3) is 0.393. The summed E-state index contributed by atoms with van der Waals surface area (Å²) in [4.78, 5) is 37.7. The Hall–Kier alpha value is -3.20. The molecule has 2 unspecified atom stereocenters. The van der Waals surface area contributed by atoms with E-state index in [4.69, 9.17) is 0 Å². The zero-order chi connectivity index (χ0) is 27.3. The summed E-state index contributed by atoms with van der Waals surface area (Å²) in [5.41, 5.74) is 4.59. The van der Waals surface area contributed by atoms with Gasteiger partial charge in [-0.2, -0.15) is 0 Å². The van der Waals surface area contributed by atoms with Gasteiger partial charge in [0.25, 0.3) is 0 Å². The third kappa shape index (κ3) is 5.87. The van der Waals surface area contributed by atoms with E-state index < -0.39 is 12.1 Å². The summed E-state index contributed by atoms with van der Waals surface area (Å²) in [7, 11) is 0. The molecule has 0 radical (unpaired) electrons. The van der Waals surface area contributed by atoms with Crippen molar-refractivity contribution in [3.63, 3.8) is 0 Å². The molecular formula is C28H33BrFN5O2. The Balaban J connectivity index is 0.000000907. The van der Waals surface area contributed by atoms with Gasteiger partial charge in [-0.3, -0.25) is 19.0 Å². The van der Waals surface area contributed by atoms with Crippen LogP contribution >= 0.6 is 15.9 Å². The van der Waals surface area contributed by atoms with Crippen molar-refractivity contribution in [2.24, 2.45) is 5.92 Å². The molecule has 4 heterocycles. The van der Waals surface area contributed by atoms with Gasteiger partial charge in [0.05, 0.1) is 17.6 Å². The number of Topliss-reactive ketones (excluding diaryl/α,β-unsaturated/α-hetero) is 1. The number of pyridine rings is 3. The summed E-state index contributed by atoms with van der Waals surface area (Å²) in [5, 5.41) is 3.53. The lowest BCUT2D eigenvalue weighted by Crippen LogP contribution is -2.16. The number of carbonyl (C=O) groups excluding carboxylic acids is 2. The number of nitrogens with one attached hydrogen (secondary N) is 1. The van der Waals surface area contributed by atoms with Crippen LogP contribution in [0.1, 0.15) is 69.9 Å². The van der Waals surface area contributed by atoms with Gasteiger partial charge in [0.1, 0.15) is 27.9 Å². The minimum Gasteiger partial charge on any atom is -0.310 e. The Morgan fingerprint density at radius 2 is 1.76 bits per heavy atom. The number of hydrogen-bond donors (Lipinski definition) is 1. The zero-order valence-electron chi connectivity index (χ0n) is 22.1. The van der Waals surface area contributed by atoms with E-state index in [-0.39, 0.29) is 18.1 Å². The maximum atomic E-state index is 13.2. The molecule has 0 bridgehead atoms. The third-order valence-corrected chi connectivity index (χ3v) is 6.44. The number of nitrogens with zero attached hydrogens (tertiary/aromatic N) is 4. The fourth-order valence-electron chi connectivity index (χ4n) is 4.00. The first-order valence-corrected chi connectivity index (χ1v) is 13.6. The van der Waals surface area contributed by atoms with Crippen molar-refractivity contribution >= 4 is 50.0 Å². The van der Waals surface area contributed by atoms with Gasteiger partial charge >= 0.3 is 0 Å². The molecule has 2 atom stereocenters. The Morgan fingerprint density at radius 3 is 2.38 bits per heavy atom. The number of ketones is 1. The number of alkyl halides is 1. The van der Waals surface area contributed by atoms with E-state index in [9.17, 15) is 14.0 Å². The van der Waals surface area contributed by atoms with Crippen molar-refractivity contribution in [1.29, 1.82) is 0 Å². The second-order valence-corrected chi connectivity index (χ2v) is 9.14. The highest BCUT2D eigenvalue weighted by molar-refractivity contribution is 9.10. The van der Waals surface area contributed by atoms with Crippen LogP contribution in [0.2, 0.25) is 0 Å². The first kappa shape index (κ1) is 28.4. The molecule has 7 nitrogen and oxygen atoms in total. The van der Waals surface area contributed by atoms with Crippen molar-refractivity contribution < 1.29 is 14.0 Å². The highest BCUT2D eigenvalue weighted by atomic mass is 79.9. The number of rotatable bonds is 6. The molecule has 4 aromatic heterocycles. The second kappa shape index (κ2) is 12.4. The van der Waals surface area contributed by atoms with Crippen LogP contribution in [0.3, 0.4) is 0 Å². The summed E-state index contributed by atoms with van der Waals surface area (Å²) in [6, 6.07) is 5.54. The first-order chi connectivity index (χ1) is 17.9. The van der Waals surface area contributed by atoms with Crippen LogP contribution in [0.15, 0.2) is 41.4 Å². The van der Waals surface area contributed by atoms with Gasteiger partial charge in [0.15, 0.2) is 5.78 Å². The molecule has 0 aromatic carbocycles. The molecule has 4 aromatic rings. The number of amides is 1. The summed E-state index contributed by atoms with van der Waals surface area (Å²) >= 11 is 3.56. The van der Waals surface area contributed by atoms with Gasteiger partial charge in [-0.15, -0.1) is 0 Å². The van der Waals surface area contributed by atoms with Crippen LogP contribution in [-0.4, -0.2) is 37.2 Å². The zero-order valence-corrected chi connectivity index (χ0v) is 23.7. The molecule has 1 aliphatic carbocycles. The van der Waals surface area contributed by atoms with Gasteiger partial charge < -0.3 is 5.32 Å². The Morgan fingerprint density at radius 1 is 1.05 bits per heavy atom.